The normalized spacial score (nSPS) is 21.4. The molecule has 0 bridgehead atoms. The topological polar surface area (TPSA) is 66.6 Å². The summed E-state index contributed by atoms with van der Waals surface area (Å²) in [6, 6.07) is 3.89. The van der Waals surface area contributed by atoms with Crippen LogP contribution in [0.25, 0.3) is 5.52 Å². The third kappa shape index (κ3) is 3.82. The zero-order valence-electron chi connectivity index (χ0n) is 18.3. The van der Waals surface area contributed by atoms with E-state index in [2.05, 4.69) is 16.8 Å². The van der Waals surface area contributed by atoms with Crippen LogP contribution in [0.5, 0.6) is 5.75 Å². The van der Waals surface area contributed by atoms with Gasteiger partial charge in [-0.25, -0.2) is 4.52 Å². The van der Waals surface area contributed by atoms with Gasteiger partial charge in [0.2, 0.25) is 0 Å². The molecule has 30 heavy (non-hydrogen) atoms. The molecule has 4 rings (SSSR count). The highest BCUT2D eigenvalue weighted by Crippen LogP contribution is 2.36. The van der Waals surface area contributed by atoms with Crippen LogP contribution in [0.4, 0.5) is 0 Å². The number of ether oxygens (including phenoxy) is 2. The van der Waals surface area contributed by atoms with E-state index in [4.69, 9.17) is 18.8 Å². The van der Waals surface area contributed by atoms with Crippen LogP contribution < -0.4 is 10.2 Å². The van der Waals surface area contributed by atoms with Gasteiger partial charge in [-0.3, -0.25) is 4.99 Å². The molecule has 0 unspecified atom stereocenters. The van der Waals surface area contributed by atoms with E-state index in [1.807, 2.05) is 59.0 Å². The van der Waals surface area contributed by atoms with Gasteiger partial charge in [0.1, 0.15) is 11.5 Å². The second-order valence-electron chi connectivity index (χ2n) is 8.67. The lowest BCUT2D eigenvalue weighted by atomic mass is 9.80. The van der Waals surface area contributed by atoms with Crippen molar-refractivity contribution in [2.75, 3.05) is 13.2 Å². The predicted octanol–water partition coefficient (Wildman–Crippen LogP) is 3.29. The molecule has 0 atom stereocenters. The molecule has 0 spiro atoms. The first-order chi connectivity index (χ1) is 14.2. The van der Waals surface area contributed by atoms with Crippen LogP contribution in [-0.2, 0) is 14.0 Å². The van der Waals surface area contributed by atoms with Crippen LogP contribution in [-0.4, -0.2) is 47.9 Å². The van der Waals surface area contributed by atoms with Gasteiger partial charge >= 0.3 is 7.12 Å². The fraction of sp³-hybridized carbons (Fsp3) is 0.455. The van der Waals surface area contributed by atoms with Crippen LogP contribution in [0.1, 0.15) is 41.0 Å². The Labute approximate surface area is 177 Å². The molecule has 2 aromatic heterocycles. The number of fused-ring (bicyclic) bond motifs is 1. The molecule has 0 amide bonds. The van der Waals surface area contributed by atoms with E-state index >= 15 is 0 Å². The molecule has 8 heteroatoms. The van der Waals surface area contributed by atoms with Gasteiger partial charge in [0.25, 0.3) is 0 Å². The molecule has 0 radical (unpaired) electrons. The number of pyridine rings is 1. The first kappa shape index (κ1) is 20.8. The summed E-state index contributed by atoms with van der Waals surface area (Å²) in [5.74, 6) is 1.43. The van der Waals surface area contributed by atoms with Crippen molar-refractivity contribution in [2.45, 2.75) is 52.2 Å². The lowest BCUT2D eigenvalue weighted by molar-refractivity contribution is 0.00578. The van der Waals surface area contributed by atoms with Crippen molar-refractivity contribution in [3.8, 4) is 5.75 Å². The summed E-state index contributed by atoms with van der Waals surface area (Å²) in [7, 11) is -0.455. The van der Waals surface area contributed by atoms with E-state index in [-0.39, 0.29) is 0 Å². The summed E-state index contributed by atoms with van der Waals surface area (Å²) < 4.78 is 25.6. The third-order valence-corrected chi connectivity index (χ3v) is 5.98. The maximum atomic E-state index is 6.17. The number of allylic oxidation sites excluding steroid dienone is 1. The Bertz CT molecular complexity index is 1020. The first-order valence-electron chi connectivity index (χ1n) is 10.2. The maximum Gasteiger partial charge on any atom is 0.498 e. The molecule has 4 heterocycles. The van der Waals surface area contributed by atoms with Gasteiger partial charge in [-0.05, 0) is 59.5 Å². The Morgan fingerprint density at radius 3 is 2.70 bits per heavy atom. The average molecular weight is 409 g/mol. The molecular formula is C22H28BN3O4. The highest BCUT2D eigenvalue weighted by molar-refractivity contribution is 6.64. The number of hydrogen-bond donors (Lipinski definition) is 0. The first-order valence-corrected chi connectivity index (χ1v) is 10.2. The van der Waals surface area contributed by atoms with Crippen LogP contribution in [0.2, 0.25) is 0 Å². The van der Waals surface area contributed by atoms with Crippen molar-refractivity contribution in [1.29, 1.82) is 0 Å². The third-order valence-electron chi connectivity index (χ3n) is 5.98. The highest BCUT2D eigenvalue weighted by atomic mass is 16.7. The van der Waals surface area contributed by atoms with Gasteiger partial charge in [-0.15, -0.1) is 0 Å². The molecule has 0 N–H and O–H groups in total. The van der Waals surface area contributed by atoms with Gasteiger partial charge in [-0.2, -0.15) is 5.10 Å². The molecule has 1 fully saturated rings. The van der Waals surface area contributed by atoms with Crippen molar-refractivity contribution >= 4 is 24.8 Å². The minimum atomic E-state index is -0.455. The van der Waals surface area contributed by atoms with Crippen LogP contribution in [0, 0.1) is 0 Å². The monoisotopic (exact) mass is 409 g/mol. The molecule has 2 aromatic rings. The number of rotatable bonds is 5. The maximum absolute atomic E-state index is 6.17. The summed E-state index contributed by atoms with van der Waals surface area (Å²) in [4.78, 5) is 4.10. The molecule has 0 aliphatic carbocycles. The Morgan fingerprint density at radius 2 is 2.00 bits per heavy atom. The van der Waals surface area contributed by atoms with Gasteiger partial charge in [0, 0.05) is 29.4 Å². The summed E-state index contributed by atoms with van der Waals surface area (Å²) in [6.45, 7) is 14.9. The van der Waals surface area contributed by atoms with Gasteiger partial charge in [0.05, 0.1) is 36.1 Å². The van der Waals surface area contributed by atoms with Gasteiger partial charge in [-0.1, -0.05) is 0 Å². The molecular weight excluding hydrogens is 381 g/mol. The van der Waals surface area contributed by atoms with Crippen molar-refractivity contribution in [3.05, 3.63) is 47.6 Å². The van der Waals surface area contributed by atoms with Crippen molar-refractivity contribution in [2.24, 2.45) is 4.99 Å². The highest BCUT2D eigenvalue weighted by Gasteiger charge is 2.52. The lowest BCUT2D eigenvalue weighted by Gasteiger charge is -2.32. The van der Waals surface area contributed by atoms with Crippen molar-refractivity contribution in [3.63, 3.8) is 0 Å². The zero-order chi connectivity index (χ0) is 21.5. The second kappa shape index (κ2) is 7.69. The number of nitrogens with zero attached hydrogens (tertiary/aromatic N) is 3. The second-order valence-corrected chi connectivity index (χ2v) is 8.67. The summed E-state index contributed by atoms with van der Waals surface area (Å²) in [6.07, 6.45) is 6.35. The zero-order valence-corrected chi connectivity index (χ0v) is 18.3. The molecule has 0 saturated carbocycles. The largest absolute Gasteiger partial charge is 0.498 e. The van der Waals surface area contributed by atoms with Gasteiger partial charge < -0.3 is 18.8 Å². The molecule has 1 saturated heterocycles. The van der Waals surface area contributed by atoms with E-state index in [1.54, 1.807) is 10.7 Å². The van der Waals surface area contributed by atoms with E-state index in [1.165, 1.54) is 0 Å². The standard InChI is InChI=1S/C22H28BN3O4/c1-15(11-16-14-27-10-9-19(16)24-6)28-17-7-8-20-18(12-25-26(20)13-17)23-29-21(2,3)22(4,5)30-23/h7-8,11-13H,6,9-10,14H2,1-5H3/b15-11+. The summed E-state index contributed by atoms with van der Waals surface area (Å²) in [5, 5.41) is 4.47. The average Bonchev–Trinajstić information content (AvgIpc) is 3.19. The Hall–Kier alpha value is -2.42. The fourth-order valence-electron chi connectivity index (χ4n) is 3.56. The lowest BCUT2D eigenvalue weighted by Crippen LogP contribution is -2.41. The molecule has 158 valence electrons. The predicted molar refractivity (Wildman–Crippen MR) is 117 cm³/mol. The summed E-state index contributed by atoms with van der Waals surface area (Å²) >= 11 is 0. The van der Waals surface area contributed by atoms with E-state index in [0.717, 1.165) is 34.4 Å². The SMILES string of the molecule is C=NC1=C(/C=C(\C)Oc2ccc3c(B4OC(C)(C)C(C)(C)O4)cnn3c2)COCC1. The quantitative estimate of drug-likeness (QED) is 0.431. The Morgan fingerprint density at radius 1 is 1.27 bits per heavy atom. The van der Waals surface area contributed by atoms with Crippen molar-refractivity contribution in [1.82, 2.24) is 9.61 Å². The van der Waals surface area contributed by atoms with Crippen LogP contribution >= 0.6 is 0 Å². The van der Waals surface area contributed by atoms with E-state index in [0.29, 0.717) is 19.0 Å². The minimum absolute atomic E-state index is 0.395. The smallest absolute Gasteiger partial charge is 0.460 e. The minimum Gasteiger partial charge on any atom is -0.460 e. The van der Waals surface area contributed by atoms with Crippen LogP contribution in [0.3, 0.4) is 0 Å². The molecule has 0 aromatic carbocycles. The fourth-order valence-corrected chi connectivity index (χ4v) is 3.56. The Kier molecular flexibility index (Phi) is 5.34. The molecule has 2 aliphatic heterocycles. The van der Waals surface area contributed by atoms with Crippen molar-refractivity contribution < 1.29 is 18.8 Å². The van der Waals surface area contributed by atoms with Crippen LogP contribution in [0.15, 0.2) is 52.6 Å². The molecule has 2 aliphatic rings. The number of hydrogen-bond acceptors (Lipinski definition) is 6. The van der Waals surface area contributed by atoms with Gasteiger partial charge in [0.15, 0.2) is 0 Å². The van der Waals surface area contributed by atoms with E-state index < -0.39 is 18.3 Å². The summed E-state index contributed by atoms with van der Waals surface area (Å²) in [5.41, 5.74) is 2.99. The van der Waals surface area contributed by atoms with E-state index in [9.17, 15) is 0 Å². The Balaban J connectivity index is 1.55. The molecule has 7 nitrogen and oxygen atoms in total. The number of aromatic nitrogens is 2. The number of aliphatic imine (C=N–C) groups is 1.